The molecule has 3 aromatic rings. The number of ether oxygens (including phenoxy) is 2. The van der Waals surface area contributed by atoms with Gasteiger partial charge >= 0.3 is 5.97 Å². The highest BCUT2D eigenvalue weighted by atomic mass is 19.1. The number of carbonyl (C=O) groups is 1. The Kier molecular flexibility index (Phi) is 5.57. The molecule has 0 spiro atoms. The number of halogens is 1. The molecule has 2 saturated heterocycles. The summed E-state index contributed by atoms with van der Waals surface area (Å²) in [6, 6.07) is 6.73. The smallest absolute Gasteiger partial charge is 0.337 e. The standard InChI is InChI=1S/C23H24FN5O3/c1-31-23(30)15-11-17(19-3-2-6-29(19)16-4-5-25-20(24)13-16)22-18(12-15)26-14-21(27-22)28-7-9-32-10-8-28/h4-5,11-14,19H,2-3,6-10H2,1H3. The fraction of sp³-hybridized carbons (Fsp3) is 0.391. The number of esters is 1. The maximum atomic E-state index is 13.8. The van der Waals surface area contributed by atoms with Crippen LogP contribution in [-0.2, 0) is 9.47 Å². The normalized spacial score (nSPS) is 18.9. The van der Waals surface area contributed by atoms with Gasteiger partial charge in [-0.15, -0.1) is 0 Å². The Morgan fingerprint density at radius 1 is 1.19 bits per heavy atom. The molecule has 0 N–H and O–H groups in total. The maximum absolute atomic E-state index is 13.8. The lowest BCUT2D eigenvalue weighted by Gasteiger charge is -2.29. The second kappa shape index (κ2) is 8.66. The van der Waals surface area contributed by atoms with E-state index in [1.165, 1.54) is 19.4 Å². The highest BCUT2D eigenvalue weighted by Crippen LogP contribution is 2.39. The minimum absolute atomic E-state index is 0.0712. The number of benzene rings is 1. The van der Waals surface area contributed by atoms with Gasteiger partial charge in [0.25, 0.3) is 0 Å². The van der Waals surface area contributed by atoms with Crippen LogP contribution < -0.4 is 9.80 Å². The van der Waals surface area contributed by atoms with Gasteiger partial charge in [0, 0.05) is 43.1 Å². The average molecular weight is 437 g/mol. The zero-order chi connectivity index (χ0) is 22.1. The third-order valence-corrected chi connectivity index (χ3v) is 6.07. The van der Waals surface area contributed by atoms with E-state index in [1.54, 1.807) is 18.3 Å². The number of methoxy groups -OCH3 is 1. The molecule has 4 heterocycles. The number of pyridine rings is 1. The topological polar surface area (TPSA) is 80.7 Å². The first-order chi connectivity index (χ1) is 15.6. The molecular weight excluding hydrogens is 413 g/mol. The van der Waals surface area contributed by atoms with Gasteiger partial charge in [-0.3, -0.25) is 4.98 Å². The summed E-state index contributed by atoms with van der Waals surface area (Å²) in [6.07, 6.45) is 5.00. The number of hydrogen-bond donors (Lipinski definition) is 0. The van der Waals surface area contributed by atoms with E-state index in [0.717, 1.165) is 55.1 Å². The minimum Gasteiger partial charge on any atom is -0.465 e. The molecule has 2 aliphatic rings. The summed E-state index contributed by atoms with van der Waals surface area (Å²) < 4.78 is 24.3. The number of nitrogens with zero attached hydrogens (tertiary/aromatic N) is 5. The Hall–Kier alpha value is -3.33. The molecule has 2 aliphatic heterocycles. The minimum atomic E-state index is -0.518. The van der Waals surface area contributed by atoms with E-state index in [1.807, 2.05) is 6.07 Å². The molecule has 0 bridgehead atoms. The molecule has 2 fully saturated rings. The molecule has 0 radical (unpaired) electrons. The van der Waals surface area contributed by atoms with Crippen molar-refractivity contribution in [3.8, 4) is 0 Å². The van der Waals surface area contributed by atoms with Crippen LogP contribution >= 0.6 is 0 Å². The van der Waals surface area contributed by atoms with Gasteiger partial charge in [0.15, 0.2) is 0 Å². The highest BCUT2D eigenvalue weighted by molar-refractivity contribution is 5.95. The van der Waals surface area contributed by atoms with Crippen molar-refractivity contribution < 1.29 is 18.7 Å². The number of rotatable bonds is 4. The summed E-state index contributed by atoms with van der Waals surface area (Å²) in [5, 5.41) is 0. The van der Waals surface area contributed by atoms with Crippen molar-refractivity contribution in [1.82, 2.24) is 15.0 Å². The molecule has 1 atom stereocenters. The lowest BCUT2D eigenvalue weighted by molar-refractivity contribution is 0.0600. The number of anilines is 2. The summed E-state index contributed by atoms with van der Waals surface area (Å²) in [5.41, 5.74) is 3.45. The maximum Gasteiger partial charge on any atom is 0.337 e. The molecular formula is C23H24FN5O3. The van der Waals surface area contributed by atoms with Gasteiger partial charge in [0.2, 0.25) is 5.95 Å². The monoisotopic (exact) mass is 437 g/mol. The van der Waals surface area contributed by atoms with Gasteiger partial charge in [0.05, 0.1) is 49.2 Å². The van der Waals surface area contributed by atoms with Crippen LogP contribution in [0.5, 0.6) is 0 Å². The van der Waals surface area contributed by atoms with Crippen LogP contribution in [0.15, 0.2) is 36.7 Å². The third-order valence-electron chi connectivity index (χ3n) is 6.07. The van der Waals surface area contributed by atoms with Crippen LogP contribution in [0, 0.1) is 5.95 Å². The van der Waals surface area contributed by atoms with Gasteiger partial charge in [-0.1, -0.05) is 0 Å². The summed E-state index contributed by atoms with van der Waals surface area (Å²) in [4.78, 5) is 29.9. The molecule has 0 saturated carbocycles. The van der Waals surface area contributed by atoms with Crippen LogP contribution in [0.4, 0.5) is 15.9 Å². The second-order valence-electron chi connectivity index (χ2n) is 7.94. The zero-order valence-corrected chi connectivity index (χ0v) is 17.8. The molecule has 166 valence electrons. The Balaban J connectivity index is 1.63. The summed E-state index contributed by atoms with van der Waals surface area (Å²) >= 11 is 0. The summed E-state index contributed by atoms with van der Waals surface area (Å²) in [5.74, 6) is -0.158. The largest absolute Gasteiger partial charge is 0.465 e. The Labute approximate surface area is 185 Å². The van der Waals surface area contributed by atoms with Crippen molar-refractivity contribution in [1.29, 1.82) is 0 Å². The molecule has 8 nitrogen and oxygen atoms in total. The lowest BCUT2D eigenvalue weighted by atomic mass is 9.99. The van der Waals surface area contributed by atoms with Crippen molar-refractivity contribution >= 4 is 28.5 Å². The number of hydrogen-bond acceptors (Lipinski definition) is 8. The van der Waals surface area contributed by atoms with E-state index in [2.05, 4.69) is 19.8 Å². The van der Waals surface area contributed by atoms with Crippen molar-refractivity contribution in [2.24, 2.45) is 0 Å². The van der Waals surface area contributed by atoms with Gasteiger partial charge in [0.1, 0.15) is 5.82 Å². The third kappa shape index (κ3) is 3.84. The summed E-state index contributed by atoms with van der Waals surface area (Å²) in [6.45, 7) is 3.58. The lowest BCUT2D eigenvalue weighted by Crippen LogP contribution is -2.36. The molecule has 1 aromatic carbocycles. The number of morpholine rings is 1. The van der Waals surface area contributed by atoms with Crippen molar-refractivity contribution in [3.05, 3.63) is 53.7 Å². The van der Waals surface area contributed by atoms with E-state index < -0.39 is 11.9 Å². The van der Waals surface area contributed by atoms with E-state index in [0.29, 0.717) is 24.3 Å². The first-order valence-electron chi connectivity index (χ1n) is 10.7. The first kappa shape index (κ1) is 20.6. The predicted octanol–water partition coefficient (Wildman–Crippen LogP) is 3.13. The SMILES string of the molecule is COC(=O)c1cc(C2CCCN2c2ccnc(F)c2)c2nc(N3CCOCC3)cnc2c1. The number of fused-ring (bicyclic) bond motifs is 1. The van der Waals surface area contributed by atoms with Gasteiger partial charge in [-0.05, 0) is 31.0 Å². The molecule has 5 rings (SSSR count). The van der Waals surface area contributed by atoms with Crippen LogP contribution in [0.3, 0.4) is 0 Å². The van der Waals surface area contributed by atoms with Crippen LogP contribution in [0.1, 0.15) is 34.8 Å². The van der Waals surface area contributed by atoms with Gasteiger partial charge in [-0.25, -0.2) is 14.8 Å². The van der Waals surface area contributed by atoms with Crippen LogP contribution in [0.25, 0.3) is 11.0 Å². The number of aromatic nitrogens is 3. The Bertz CT molecular complexity index is 1150. The van der Waals surface area contributed by atoms with Crippen LogP contribution in [0.2, 0.25) is 0 Å². The second-order valence-corrected chi connectivity index (χ2v) is 7.94. The first-order valence-corrected chi connectivity index (χ1v) is 10.7. The van der Waals surface area contributed by atoms with Crippen molar-refractivity contribution in [3.63, 3.8) is 0 Å². The van der Waals surface area contributed by atoms with E-state index in [4.69, 9.17) is 14.5 Å². The summed E-state index contributed by atoms with van der Waals surface area (Å²) in [7, 11) is 1.36. The quantitative estimate of drug-likeness (QED) is 0.455. The van der Waals surface area contributed by atoms with Crippen molar-refractivity contribution in [2.75, 3.05) is 49.8 Å². The molecule has 1 unspecified atom stereocenters. The fourth-order valence-electron chi connectivity index (χ4n) is 4.54. The fourth-order valence-corrected chi connectivity index (χ4v) is 4.54. The molecule has 2 aromatic heterocycles. The van der Waals surface area contributed by atoms with E-state index in [9.17, 15) is 9.18 Å². The van der Waals surface area contributed by atoms with E-state index in [-0.39, 0.29) is 6.04 Å². The Morgan fingerprint density at radius 3 is 2.81 bits per heavy atom. The van der Waals surface area contributed by atoms with E-state index >= 15 is 0 Å². The van der Waals surface area contributed by atoms with Gasteiger partial charge < -0.3 is 19.3 Å². The molecule has 0 aliphatic carbocycles. The zero-order valence-electron chi connectivity index (χ0n) is 17.8. The molecule has 0 amide bonds. The Morgan fingerprint density at radius 2 is 2.03 bits per heavy atom. The highest BCUT2D eigenvalue weighted by Gasteiger charge is 2.30. The molecule has 32 heavy (non-hydrogen) atoms. The average Bonchev–Trinajstić information content (AvgIpc) is 3.33. The van der Waals surface area contributed by atoms with Crippen molar-refractivity contribution in [2.45, 2.75) is 18.9 Å². The van der Waals surface area contributed by atoms with Gasteiger partial charge in [-0.2, -0.15) is 4.39 Å². The molecule has 9 heteroatoms. The van der Waals surface area contributed by atoms with Crippen LogP contribution in [-0.4, -0.2) is 60.9 Å². The predicted molar refractivity (Wildman–Crippen MR) is 117 cm³/mol. The number of carbonyl (C=O) groups excluding carboxylic acids is 1.